The minimum absolute atomic E-state index is 0.810. The fourth-order valence-corrected chi connectivity index (χ4v) is 2.24. The number of hydrogen-bond acceptors (Lipinski definition) is 3. The molecule has 0 bridgehead atoms. The maximum atomic E-state index is 5.23. The van der Waals surface area contributed by atoms with Crippen LogP contribution < -0.4 is 10.1 Å². The van der Waals surface area contributed by atoms with Gasteiger partial charge in [0.25, 0.3) is 0 Å². The summed E-state index contributed by atoms with van der Waals surface area (Å²) in [6, 6.07) is 8.04. The summed E-state index contributed by atoms with van der Waals surface area (Å²) in [6.45, 7) is 1.71. The van der Waals surface area contributed by atoms with E-state index in [4.69, 9.17) is 4.74 Å². The van der Waals surface area contributed by atoms with Crippen molar-refractivity contribution in [2.45, 2.75) is 13.0 Å². The lowest BCUT2D eigenvalue weighted by molar-refractivity contribution is 0.414. The summed E-state index contributed by atoms with van der Waals surface area (Å²) in [5, 5.41) is 7.76. The summed E-state index contributed by atoms with van der Waals surface area (Å²) < 4.78 is 8.15. The average molecular weight is 324 g/mol. The number of benzene rings is 1. The number of hydrogen-bond donors (Lipinski definition) is 1. The molecule has 102 valence electrons. The lowest BCUT2D eigenvalue weighted by Crippen LogP contribution is -2.17. The molecule has 0 unspecified atom stereocenters. The highest BCUT2D eigenvalue weighted by molar-refractivity contribution is 9.10. The van der Waals surface area contributed by atoms with E-state index in [-0.39, 0.29) is 0 Å². The predicted molar refractivity (Wildman–Crippen MR) is 79.3 cm³/mol. The lowest BCUT2D eigenvalue weighted by atomic mass is 10.2. The van der Waals surface area contributed by atoms with Gasteiger partial charge in [-0.15, -0.1) is 0 Å². The average Bonchev–Trinajstić information content (AvgIpc) is 2.82. The van der Waals surface area contributed by atoms with Crippen molar-refractivity contribution < 1.29 is 4.74 Å². The Morgan fingerprint density at radius 2 is 2.21 bits per heavy atom. The van der Waals surface area contributed by atoms with Crippen LogP contribution in [0.2, 0.25) is 0 Å². The molecule has 0 aliphatic rings. The molecular formula is C14H18BrN3O. The molecule has 0 aliphatic heterocycles. The summed E-state index contributed by atoms with van der Waals surface area (Å²) in [7, 11) is 3.62. The number of halogens is 1. The highest BCUT2D eigenvalue weighted by Gasteiger charge is 2.02. The van der Waals surface area contributed by atoms with Crippen molar-refractivity contribution in [2.75, 3.05) is 13.7 Å². The summed E-state index contributed by atoms with van der Waals surface area (Å²) in [4.78, 5) is 0. The first-order valence-corrected chi connectivity index (χ1v) is 7.00. The highest BCUT2D eigenvalue weighted by atomic mass is 79.9. The Bertz CT molecular complexity index is 539. The van der Waals surface area contributed by atoms with Crippen LogP contribution in [-0.2, 0) is 20.0 Å². The van der Waals surface area contributed by atoms with Crippen LogP contribution in [0.25, 0.3) is 0 Å². The van der Waals surface area contributed by atoms with Gasteiger partial charge in [0.15, 0.2) is 0 Å². The molecule has 0 aliphatic carbocycles. The van der Waals surface area contributed by atoms with Gasteiger partial charge < -0.3 is 10.1 Å². The third-order valence-electron chi connectivity index (χ3n) is 2.90. The first-order valence-electron chi connectivity index (χ1n) is 6.20. The van der Waals surface area contributed by atoms with E-state index >= 15 is 0 Å². The highest BCUT2D eigenvalue weighted by Crippen LogP contribution is 2.22. The number of aryl methyl sites for hydroxylation is 1. The molecule has 5 heteroatoms. The van der Waals surface area contributed by atoms with Crippen LogP contribution in [0, 0.1) is 0 Å². The zero-order chi connectivity index (χ0) is 13.7. The van der Waals surface area contributed by atoms with Gasteiger partial charge in [0.05, 0.1) is 12.8 Å². The summed E-state index contributed by atoms with van der Waals surface area (Å²) in [5.41, 5.74) is 2.31. The van der Waals surface area contributed by atoms with E-state index in [0.29, 0.717) is 0 Å². The van der Waals surface area contributed by atoms with Crippen molar-refractivity contribution in [3.05, 3.63) is 46.2 Å². The fraction of sp³-hybridized carbons (Fsp3) is 0.357. The normalized spacial score (nSPS) is 10.7. The molecule has 0 amide bonds. The van der Waals surface area contributed by atoms with Gasteiger partial charge in [-0.05, 0) is 29.8 Å². The second-order valence-corrected chi connectivity index (χ2v) is 5.22. The predicted octanol–water partition coefficient (Wildman–Crippen LogP) is 2.52. The molecular weight excluding hydrogens is 306 g/mol. The number of ether oxygens (including phenoxy) is 1. The van der Waals surface area contributed by atoms with Gasteiger partial charge in [0.2, 0.25) is 0 Å². The van der Waals surface area contributed by atoms with Gasteiger partial charge in [-0.3, -0.25) is 4.68 Å². The summed E-state index contributed by atoms with van der Waals surface area (Å²) in [5.74, 6) is 0.879. The zero-order valence-corrected chi connectivity index (χ0v) is 12.8. The molecule has 19 heavy (non-hydrogen) atoms. The van der Waals surface area contributed by atoms with E-state index < -0.39 is 0 Å². The van der Waals surface area contributed by atoms with Crippen molar-refractivity contribution in [3.8, 4) is 5.75 Å². The van der Waals surface area contributed by atoms with Crippen LogP contribution in [-0.4, -0.2) is 23.4 Å². The van der Waals surface area contributed by atoms with E-state index in [2.05, 4.69) is 26.3 Å². The quantitative estimate of drug-likeness (QED) is 0.830. The van der Waals surface area contributed by atoms with Crippen LogP contribution in [0.4, 0.5) is 0 Å². The van der Waals surface area contributed by atoms with Crippen molar-refractivity contribution >= 4 is 15.9 Å². The van der Waals surface area contributed by atoms with Gasteiger partial charge in [0.1, 0.15) is 5.75 Å². The molecule has 1 N–H and O–H groups in total. The monoisotopic (exact) mass is 323 g/mol. The number of rotatable bonds is 6. The fourth-order valence-electron chi connectivity index (χ4n) is 1.85. The maximum absolute atomic E-state index is 5.23. The second-order valence-electron chi connectivity index (χ2n) is 4.36. The third kappa shape index (κ3) is 4.08. The van der Waals surface area contributed by atoms with Crippen LogP contribution in [0.15, 0.2) is 34.9 Å². The van der Waals surface area contributed by atoms with Crippen LogP contribution >= 0.6 is 15.9 Å². The Hall–Kier alpha value is -1.33. The van der Waals surface area contributed by atoms with Gasteiger partial charge in [-0.1, -0.05) is 15.9 Å². The Labute approximate surface area is 121 Å². The molecule has 4 nitrogen and oxygen atoms in total. The molecule has 1 aromatic carbocycles. The second kappa shape index (κ2) is 6.73. The molecule has 2 rings (SSSR count). The Morgan fingerprint density at radius 3 is 2.89 bits per heavy atom. The minimum Gasteiger partial charge on any atom is -0.497 e. The van der Waals surface area contributed by atoms with Crippen molar-refractivity contribution in [3.63, 3.8) is 0 Å². The number of nitrogens with zero attached hydrogens (tertiary/aromatic N) is 2. The van der Waals surface area contributed by atoms with Crippen LogP contribution in [0.1, 0.15) is 11.3 Å². The molecule has 0 radical (unpaired) electrons. The molecule has 0 saturated heterocycles. The zero-order valence-electron chi connectivity index (χ0n) is 11.2. The first-order chi connectivity index (χ1) is 9.19. The van der Waals surface area contributed by atoms with Crippen molar-refractivity contribution in [1.29, 1.82) is 0 Å². The van der Waals surface area contributed by atoms with Crippen molar-refractivity contribution in [2.24, 2.45) is 7.05 Å². The van der Waals surface area contributed by atoms with Gasteiger partial charge in [-0.25, -0.2) is 0 Å². The largest absolute Gasteiger partial charge is 0.497 e. The summed E-state index contributed by atoms with van der Waals surface area (Å²) >= 11 is 3.55. The van der Waals surface area contributed by atoms with Crippen molar-refractivity contribution in [1.82, 2.24) is 15.1 Å². The van der Waals surface area contributed by atoms with E-state index in [1.165, 1.54) is 5.56 Å². The maximum Gasteiger partial charge on any atom is 0.119 e. The molecule has 0 saturated carbocycles. The third-order valence-corrected chi connectivity index (χ3v) is 3.67. The number of methoxy groups -OCH3 is 1. The molecule has 1 aromatic heterocycles. The van der Waals surface area contributed by atoms with Gasteiger partial charge in [-0.2, -0.15) is 5.10 Å². The Morgan fingerprint density at radius 1 is 1.37 bits per heavy atom. The van der Waals surface area contributed by atoms with Crippen LogP contribution in [0.5, 0.6) is 5.75 Å². The van der Waals surface area contributed by atoms with E-state index in [1.807, 2.05) is 42.2 Å². The SMILES string of the molecule is COc1ccc(Br)c(CNCCc2ccn(C)n2)c1. The number of nitrogens with one attached hydrogen (secondary N) is 1. The summed E-state index contributed by atoms with van der Waals surface area (Å²) in [6.07, 6.45) is 2.90. The number of aromatic nitrogens is 2. The van der Waals surface area contributed by atoms with Gasteiger partial charge in [0, 0.05) is 37.2 Å². The van der Waals surface area contributed by atoms with E-state index in [1.54, 1.807) is 7.11 Å². The first kappa shape index (κ1) is 14.1. The Balaban J connectivity index is 1.82. The molecule has 0 atom stereocenters. The minimum atomic E-state index is 0.810. The molecule has 1 heterocycles. The lowest BCUT2D eigenvalue weighted by Gasteiger charge is -2.08. The van der Waals surface area contributed by atoms with Crippen LogP contribution in [0.3, 0.4) is 0 Å². The molecule has 2 aromatic rings. The standard InChI is InChI=1S/C14H18BrN3O/c1-18-8-6-12(17-18)5-7-16-10-11-9-13(19-2)3-4-14(11)15/h3-4,6,8-9,16H,5,7,10H2,1-2H3. The van der Waals surface area contributed by atoms with E-state index in [0.717, 1.165) is 35.4 Å². The smallest absolute Gasteiger partial charge is 0.119 e. The molecule has 0 spiro atoms. The molecule has 0 fully saturated rings. The Kier molecular flexibility index (Phi) is 4.99. The van der Waals surface area contributed by atoms with Gasteiger partial charge >= 0.3 is 0 Å². The van der Waals surface area contributed by atoms with E-state index in [9.17, 15) is 0 Å². The topological polar surface area (TPSA) is 39.1 Å².